The summed E-state index contributed by atoms with van der Waals surface area (Å²) in [4.78, 5) is 0. The van der Waals surface area contributed by atoms with Gasteiger partial charge in [-0.2, -0.15) is 0 Å². The molecule has 0 radical (unpaired) electrons. The summed E-state index contributed by atoms with van der Waals surface area (Å²) < 4.78 is 0. The first-order chi connectivity index (χ1) is 21.7. The maximum Gasteiger partial charge on any atom is -0.00204 e. The van der Waals surface area contributed by atoms with Crippen LogP contribution in [0.25, 0.3) is 88.6 Å². The van der Waals surface area contributed by atoms with E-state index in [4.69, 9.17) is 0 Å². The van der Waals surface area contributed by atoms with Crippen molar-refractivity contribution in [3.63, 3.8) is 0 Å². The minimum Gasteiger partial charge on any atom is -0.0984 e. The highest BCUT2D eigenvalue weighted by Crippen LogP contribution is 2.45. The van der Waals surface area contributed by atoms with Crippen LogP contribution in [0.1, 0.15) is 11.1 Å². The molecule has 0 amide bonds. The molecule has 8 aromatic rings. The summed E-state index contributed by atoms with van der Waals surface area (Å²) >= 11 is 0. The molecule has 206 valence electrons. The van der Waals surface area contributed by atoms with Gasteiger partial charge < -0.3 is 0 Å². The van der Waals surface area contributed by atoms with Gasteiger partial charge in [0.25, 0.3) is 0 Å². The molecule has 0 atom stereocenters. The molecule has 0 aliphatic carbocycles. The van der Waals surface area contributed by atoms with Gasteiger partial charge in [0.15, 0.2) is 0 Å². The van der Waals surface area contributed by atoms with Crippen LogP contribution in [0.5, 0.6) is 0 Å². The minimum atomic E-state index is 1.10. The Hall–Kier alpha value is -5.72. The zero-order valence-corrected chi connectivity index (χ0v) is 24.4. The van der Waals surface area contributed by atoms with Gasteiger partial charge in [-0.3, -0.25) is 0 Å². The molecule has 0 unspecified atom stereocenters. The summed E-state index contributed by atoms with van der Waals surface area (Å²) in [6.45, 7) is 8.64. The van der Waals surface area contributed by atoms with E-state index in [0.717, 1.165) is 11.1 Å². The molecule has 0 aliphatic heterocycles. The standard InChI is InChI=1S/C44H30/c1-3-37-38(4-2)44(40-19-11-15-31-13-7-8-16-39(31)40)42-18-10-9-17-41(42)43(37)35-25-22-30-21-24-34(27-36(30)28-35)33-23-20-29-12-5-6-14-32(29)26-33/h3-28H,1-2H2. The molecule has 0 saturated carbocycles. The highest BCUT2D eigenvalue weighted by Gasteiger charge is 2.20. The second-order valence-electron chi connectivity index (χ2n) is 11.4. The molecule has 0 heteroatoms. The molecule has 0 saturated heterocycles. The quantitative estimate of drug-likeness (QED) is 0.197. The van der Waals surface area contributed by atoms with Gasteiger partial charge in [0.2, 0.25) is 0 Å². The van der Waals surface area contributed by atoms with Gasteiger partial charge in [-0.1, -0.05) is 153 Å². The fraction of sp³-hybridized carbons (Fsp3) is 0. The van der Waals surface area contributed by atoms with Gasteiger partial charge in [0.1, 0.15) is 0 Å². The van der Waals surface area contributed by atoms with Crippen LogP contribution < -0.4 is 0 Å². The van der Waals surface area contributed by atoms with E-state index in [9.17, 15) is 0 Å². The summed E-state index contributed by atoms with van der Waals surface area (Å²) in [7, 11) is 0. The second-order valence-corrected chi connectivity index (χ2v) is 11.4. The van der Waals surface area contributed by atoms with E-state index in [2.05, 4.69) is 159 Å². The van der Waals surface area contributed by atoms with Crippen LogP contribution >= 0.6 is 0 Å². The Morgan fingerprint density at radius 2 is 0.818 bits per heavy atom. The molecule has 0 bridgehead atoms. The van der Waals surface area contributed by atoms with Crippen molar-refractivity contribution in [2.75, 3.05) is 0 Å². The van der Waals surface area contributed by atoms with Crippen molar-refractivity contribution in [3.05, 3.63) is 170 Å². The Balaban J connectivity index is 1.37. The van der Waals surface area contributed by atoms with E-state index in [0.29, 0.717) is 0 Å². The lowest BCUT2D eigenvalue weighted by molar-refractivity contribution is 1.60. The zero-order valence-electron chi connectivity index (χ0n) is 24.4. The predicted octanol–water partition coefficient (Wildman–Crippen LogP) is 12.6. The van der Waals surface area contributed by atoms with E-state index in [1.807, 2.05) is 12.2 Å². The van der Waals surface area contributed by atoms with Crippen molar-refractivity contribution in [1.82, 2.24) is 0 Å². The Morgan fingerprint density at radius 1 is 0.341 bits per heavy atom. The van der Waals surface area contributed by atoms with Crippen molar-refractivity contribution in [2.45, 2.75) is 0 Å². The lowest BCUT2D eigenvalue weighted by Gasteiger charge is -2.21. The molecule has 0 aliphatic rings. The third-order valence-electron chi connectivity index (χ3n) is 8.97. The van der Waals surface area contributed by atoms with Crippen LogP contribution in [0, 0.1) is 0 Å². The first-order valence-corrected chi connectivity index (χ1v) is 15.1. The fourth-order valence-corrected chi connectivity index (χ4v) is 6.90. The summed E-state index contributed by atoms with van der Waals surface area (Å²) in [6, 6.07) is 52.8. The highest BCUT2D eigenvalue weighted by molar-refractivity contribution is 6.15. The topological polar surface area (TPSA) is 0 Å². The number of rotatable bonds is 5. The predicted molar refractivity (Wildman–Crippen MR) is 193 cm³/mol. The van der Waals surface area contributed by atoms with Crippen LogP contribution in [0.4, 0.5) is 0 Å². The Morgan fingerprint density at radius 3 is 1.52 bits per heavy atom. The number of hydrogen-bond donors (Lipinski definition) is 0. The Bertz CT molecular complexity index is 2420. The molecular weight excluding hydrogens is 528 g/mol. The highest BCUT2D eigenvalue weighted by atomic mass is 14.2. The van der Waals surface area contributed by atoms with Crippen molar-refractivity contribution < 1.29 is 0 Å². The van der Waals surface area contributed by atoms with Gasteiger partial charge in [-0.05, 0) is 106 Å². The van der Waals surface area contributed by atoms with E-state index in [-0.39, 0.29) is 0 Å². The number of benzene rings is 8. The molecule has 44 heavy (non-hydrogen) atoms. The van der Waals surface area contributed by atoms with Crippen LogP contribution in [-0.2, 0) is 0 Å². The molecule has 0 heterocycles. The van der Waals surface area contributed by atoms with Crippen LogP contribution in [0.3, 0.4) is 0 Å². The average Bonchev–Trinajstić information content (AvgIpc) is 3.09. The summed E-state index contributed by atoms with van der Waals surface area (Å²) in [5, 5.41) is 9.83. The molecule has 8 aromatic carbocycles. The third kappa shape index (κ3) is 4.15. The van der Waals surface area contributed by atoms with Gasteiger partial charge in [-0.25, -0.2) is 0 Å². The van der Waals surface area contributed by atoms with Gasteiger partial charge in [0, 0.05) is 0 Å². The summed E-state index contributed by atoms with van der Waals surface area (Å²) in [5.41, 5.74) is 9.42. The Labute approximate surface area is 257 Å². The van der Waals surface area contributed by atoms with E-state index >= 15 is 0 Å². The molecule has 0 nitrogen and oxygen atoms in total. The zero-order chi connectivity index (χ0) is 29.6. The lowest BCUT2D eigenvalue weighted by Crippen LogP contribution is -1.96. The van der Waals surface area contributed by atoms with Crippen LogP contribution in [0.2, 0.25) is 0 Å². The number of fused-ring (bicyclic) bond motifs is 4. The first-order valence-electron chi connectivity index (χ1n) is 15.1. The first kappa shape index (κ1) is 25.9. The SMILES string of the molecule is C=Cc1c(C=C)c(-c2cccc3ccccc23)c2ccccc2c1-c1ccc2ccc(-c3ccc4ccccc4c3)cc2c1. The largest absolute Gasteiger partial charge is 0.0984 e. The molecule has 0 fully saturated rings. The third-order valence-corrected chi connectivity index (χ3v) is 8.97. The van der Waals surface area contributed by atoms with E-state index in [1.165, 1.54) is 76.5 Å². The lowest BCUT2D eigenvalue weighted by atomic mass is 9.82. The van der Waals surface area contributed by atoms with Crippen molar-refractivity contribution in [2.24, 2.45) is 0 Å². The smallest absolute Gasteiger partial charge is 0.00204 e. The van der Waals surface area contributed by atoms with E-state index < -0.39 is 0 Å². The van der Waals surface area contributed by atoms with Gasteiger partial charge >= 0.3 is 0 Å². The van der Waals surface area contributed by atoms with Gasteiger partial charge in [0.05, 0.1) is 0 Å². The molecular formula is C44H30. The maximum absolute atomic E-state index is 4.32. The second kappa shape index (κ2) is 10.5. The van der Waals surface area contributed by atoms with Crippen molar-refractivity contribution >= 4 is 55.2 Å². The Kier molecular flexibility index (Phi) is 6.21. The minimum absolute atomic E-state index is 1.10. The maximum atomic E-state index is 4.32. The van der Waals surface area contributed by atoms with Crippen LogP contribution in [-0.4, -0.2) is 0 Å². The van der Waals surface area contributed by atoms with Crippen molar-refractivity contribution in [3.8, 4) is 33.4 Å². The normalized spacial score (nSPS) is 11.4. The van der Waals surface area contributed by atoms with Gasteiger partial charge in [-0.15, -0.1) is 0 Å². The average molecular weight is 559 g/mol. The molecule has 0 aromatic heterocycles. The molecule has 0 spiro atoms. The summed E-state index contributed by atoms with van der Waals surface area (Å²) in [5.74, 6) is 0. The summed E-state index contributed by atoms with van der Waals surface area (Å²) in [6.07, 6.45) is 4.01. The van der Waals surface area contributed by atoms with E-state index in [1.54, 1.807) is 0 Å². The van der Waals surface area contributed by atoms with Crippen molar-refractivity contribution in [1.29, 1.82) is 0 Å². The number of hydrogen-bond acceptors (Lipinski definition) is 0. The fourth-order valence-electron chi connectivity index (χ4n) is 6.90. The molecule has 8 rings (SSSR count). The monoisotopic (exact) mass is 558 g/mol. The van der Waals surface area contributed by atoms with Crippen LogP contribution in [0.15, 0.2) is 159 Å². The molecule has 0 N–H and O–H groups in total.